The van der Waals surface area contributed by atoms with Gasteiger partial charge in [0.15, 0.2) is 5.29 Å². The number of likely N-dealkylation sites (tertiary alicyclic amines) is 1. The topological polar surface area (TPSA) is 121 Å². The van der Waals surface area contributed by atoms with Crippen molar-refractivity contribution in [2.24, 2.45) is 4.99 Å². The molecule has 2 amide bonds. The third kappa shape index (κ3) is 4.22. The van der Waals surface area contributed by atoms with Crippen LogP contribution in [0.15, 0.2) is 34.8 Å². The van der Waals surface area contributed by atoms with Crippen molar-refractivity contribution < 1.29 is 14.3 Å². The van der Waals surface area contributed by atoms with E-state index >= 15 is 0 Å². The number of piperidine rings is 1. The molecule has 1 aromatic carbocycles. The van der Waals surface area contributed by atoms with Crippen molar-refractivity contribution >= 4 is 66.9 Å². The molecule has 0 bridgehead atoms. The van der Waals surface area contributed by atoms with E-state index in [2.05, 4.69) is 30.9 Å². The Morgan fingerprint density at radius 3 is 3.03 bits per heavy atom. The summed E-state index contributed by atoms with van der Waals surface area (Å²) in [5.41, 5.74) is 2.94. The third-order valence-corrected chi connectivity index (χ3v) is 7.83. The second kappa shape index (κ2) is 9.21. The Morgan fingerprint density at radius 1 is 1.28 bits per heavy atom. The zero-order valence-electron chi connectivity index (χ0n) is 19.6. The SMILES string of the molecule is C[C@@H]1CNc2c(sc3ccc4nc(OC5=C(CN6CCCCC6=O)CN=C(Cl)N5)cnc4c23)C(=O)N1. The number of nitrogens with zero attached hydrogens (tertiary/aromatic N) is 4. The predicted molar refractivity (Wildman–Crippen MR) is 140 cm³/mol. The number of carbonyl (C=O) groups is 2. The number of nitrogens with one attached hydrogen (secondary N) is 3. The number of carbonyl (C=O) groups excluding carboxylic acids is 2. The van der Waals surface area contributed by atoms with E-state index in [4.69, 9.17) is 16.3 Å². The standard InChI is InChI=1S/C24H24ClN7O3S/c1-12-8-26-20-18-15(36-21(20)22(34)29-12)6-5-14-19(18)27-10-16(30-14)35-23-13(9-28-24(25)31-23)11-32-7-3-2-4-17(32)33/h5-6,10,12,26H,2-4,7-9,11H2,1H3,(H,28,31)(H,29,34)/t12-/m1/s1. The first-order valence-corrected chi connectivity index (χ1v) is 13.1. The van der Waals surface area contributed by atoms with E-state index in [-0.39, 0.29) is 23.2 Å². The fourth-order valence-corrected chi connectivity index (χ4v) is 5.90. The normalized spacial score (nSPS) is 20.4. The third-order valence-electron chi connectivity index (χ3n) is 6.47. The predicted octanol–water partition coefficient (Wildman–Crippen LogP) is 3.19. The highest BCUT2D eigenvalue weighted by molar-refractivity contribution is 7.21. The number of rotatable bonds is 4. The van der Waals surface area contributed by atoms with Crippen LogP contribution in [0.2, 0.25) is 0 Å². The van der Waals surface area contributed by atoms with E-state index in [0.717, 1.165) is 34.2 Å². The summed E-state index contributed by atoms with van der Waals surface area (Å²) in [6.07, 6.45) is 4.03. The molecule has 3 aliphatic heterocycles. The summed E-state index contributed by atoms with van der Waals surface area (Å²) < 4.78 is 7.05. The van der Waals surface area contributed by atoms with Gasteiger partial charge in [0.05, 0.1) is 29.5 Å². The molecule has 3 aromatic rings. The van der Waals surface area contributed by atoms with Crippen LogP contribution in [-0.2, 0) is 4.79 Å². The Bertz CT molecular complexity index is 1470. The summed E-state index contributed by atoms with van der Waals surface area (Å²) in [5.74, 6) is 0.756. The molecule has 1 saturated heterocycles. The quantitative estimate of drug-likeness (QED) is 0.447. The van der Waals surface area contributed by atoms with Gasteiger partial charge in [-0.1, -0.05) is 0 Å². The molecular weight excluding hydrogens is 502 g/mol. The lowest BCUT2D eigenvalue weighted by Crippen LogP contribution is -2.39. The highest BCUT2D eigenvalue weighted by Crippen LogP contribution is 2.40. The van der Waals surface area contributed by atoms with Crippen LogP contribution in [0.5, 0.6) is 5.88 Å². The Balaban J connectivity index is 1.34. The number of anilines is 1. The summed E-state index contributed by atoms with van der Waals surface area (Å²) in [6.45, 7) is 4.06. The van der Waals surface area contributed by atoms with Gasteiger partial charge in [-0.3, -0.25) is 14.6 Å². The molecular formula is C24H24ClN7O3S. The first-order chi connectivity index (χ1) is 17.5. The van der Waals surface area contributed by atoms with Gasteiger partial charge in [-0.05, 0) is 43.5 Å². The number of halogens is 1. The van der Waals surface area contributed by atoms with Gasteiger partial charge in [-0.2, -0.15) is 0 Å². The molecule has 0 aliphatic carbocycles. The molecule has 6 rings (SSSR count). The number of hydrogen-bond donors (Lipinski definition) is 3. The fourth-order valence-electron chi connectivity index (χ4n) is 4.67. The minimum Gasteiger partial charge on any atom is -0.421 e. The molecule has 0 spiro atoms. The van der Waals surface area contributed by atoms with Crippen LogP contribution < -0.4 is 20.7 Å². The van der Waals surface area contributed by atoms with Gasteiger partial charge in [0.2, 0.25) is 17.7 Å². The highest BCUT2D eigenvalue weighted by Gasteiger charge is 2.26. The van der Waals surface area contributed by atoms with Gasteiger partial charge in [0.1, 0.15) is 4.88 Å². The van der Waals surface area contributed by atoms with Gasteiger partial charge in [-0.15, -0.1) is 11.3 Å². The average Bonchev–Trinajstić information content (AvgIpc) is 3.18. The molecule has 0 unspecified atom stereocenters. The number of aromatic nitrogens is 2. The van der Waals surface area contributed by atoms with E-state index in [9.17, 15) is 9.59 Å². The lowest BCUT2D eigenvalue weighted by molar-refractivity contribution is -0.132. The molecule has 2 aromatic heterocycles. The maximum Gasteiger partial charge on any atom is 0.263 e. The van der Waals surface area contributed by atoms with Crippen molar-refractivity contribution in [2.75, 3.05) is 31.5 Å². The van der Waals surface area contributed by atoms with Crippen LogP contribution >= 0.6 is 22.9 Å². The fraction of sp³-hybridized carbons (Fsp3) is 0.375. The van der Waals surface area contributed by atoms with Crippen molar-refractivity contribution in [2.45, 2.75) is 32.2 Å². The lowest BCUT2D eigenvalue weighted by Gasteiger charge is -2.29. The number of amides is 2. The van der Waals surface area contributed by atoms with Crippen molar-refractivity contribution in [1.82, 2.24) is 25.5 Å². The molecule has 12 heteroatoms. The largest absolute Gasteiger partial charge is 0.421 e. The second-order valence-corrected chi connectivity index (χ2v) is 10.5. The summed E-state index contributed by atoms with van der Waals surface area (Å²) >= 11 is 7.57. The van der Waals surface area contributed by atoms with Crippen molar-refractivity contribution in [3.8, 4) is 5.88 Å². The summed E-state index contributed by atoms with van der Waals surface area (Å²) in [4.78, 5) is 41.1. The number of ether oxygens (including phenoxy) is 1. The number of benzene rings is 1. The maximum absolute atomic E-state index is 12.7. The van der Waals surface area contributed by atoms with Gasteiger partial charge >= 0.3 is 0 Å². The van der Waals surface area contributed by atoms with Crippen LogP contribution in [0.3, 0.4) is 0 Å². The monoisotopic (exact) mass is 525 g/mol. The van der Waals surface area contributed by atoms with Crippen molar-refractivity contribution in [3.05, 3.63) is 34.7 Å². The maximum atomic E-state index is 12.7. The molecule has 1 fully saturated rings. The summed E-state index contributed by atoms with van der Waals surface area (Å²) in [5, 5.41) is 10.5. The number of fused-ring (bicyclic) bond motifs is 5. The van der Waals surface area contributed by atoms with E-state index in [1.165, 1.54) is 11.3 Å². The van der Waals surface area contributed by atoms with Crippen LogP contribution in [-0.4, -0.2) is 64.2 Å². The number of amidine groups is 1. The van der Waals surface area contributed by atoms with Crippen molar-refractivity contribution in [1.29, 1.82) is 0 Å². The van der Waals surface area contributed by atoms with Gasteiger partial charge in [0, 0.05) is 47.8 Å². The molecule has 1 atom stereocenters. The van der Waals surface area contributed by atoms with Crippen molar-refractivity contribution in [3.63, 3.8) is 0 Å². The number of hydrogen-bond acceptors (Lipinski definition) is 9. The first kappa shape index (κ1) is 23.0. The molecule has 36 heavy (non-hydrogen) atoms. The van der Waals surface area contributed by atoms with E-state index in [1.807, 2.05) is 24.0 Å². The zero-order chi connectivity index (χ0) is 24.8. The van der Waals surface area contributed by atoms with E-state index in [0.29, 0.717) is 60.3 Å². The van der Waals surface area contributed by atoms with Crippen LogP contribution in [0.4, 0.5) is 5.69 Å². The number of thiophene rings is 1. The Kier molecular flexibility index (Phi) is 5.88. The molecule has 10 nitrogen and oxygen atoms in total. The highest BCUT2D eigenvalue weighted by atomic mass is 35.5. The zero-order valence-corrected chi connectivity index (χ0v) is 21.1. The Labute approximate surface area is 215 Å². The van der Waals surface area contributed by atoms with Gasteiger partial charge in [-0.25, -0.2) is 9.97 Å². The van der Waals surface area contributed by atoms with E-state index < -0.39 is 0 Å². The van der Waals surface area contributed by atoms with Crippen LogP contribution in [0, 0.1) is 0 Å². The summed E-state index contributed by atoms with van der Waals surface area (Å²) in [7, 11) is 0. The first-order valence-electron chi connectivity index (χ1n) is 11.9. The second-order valence-electron chi connectivity index (χ2n) is 9.12. The lowest BCUT2D eigenvalue weighted by atomic mass is 10.1. The average molecular weight is 526 g/mol. The Hall–Kier alpha value is -3.44. The Morgan fingerprint density at radius 2 is 2.17 bits per heavy atom. The molecule has 3 aliphatic rings. The molecule has 0 radical (unpaired) electrons. The molecule has 5 heterocycles. The minimum absolute atomic E-state index is 0.0225. The van der Waals surface area contributed by atoms with Crippen LogP contribution in [0.25, 0.3) is 21.1 Å². The molecule has 0 saturated carbocycles. The summed E-state index contributed by atoms with van der Waals surface area (Å²) in [6, 6.07) is 3.84. The molecule has 186 valence electrons. The molecule has 3 N–H and O–H groups in total. The minimum atomic E-state index is -0.0849. The number of aliphatic imine (C=N–C) groups is 1. The smallest absolute Gasteiger partial charge is 0.263 e. The van der Waals surface area contributed by atoms with E-state index in [1.54, 1.807) is 6.20 Å². The van der Waals surface area contributed by atoms with Crippen LogP contribution in [0.1, 0.15) is 35.9 Å². The van der Waals surface area contributed by atoms with Gasteiger partial charge < -0.3 is 25.6 Å². The van der Waals surface area contributed by atoms with Gasteiger partial charge in [0.25, 0.3) is 5.91 Å².